The fourth-order valence-corrected chi connectivity index (χ4v) is 3.24. The van der Waals surface area contributed by atoms with Crippen LogP contribution in [0.4, 0.5) is 0 Å². The smallest absolute Gasteiger partial charge is 0.261 e. The zero-order valence-electron chi connectivity index (χ0n) is 14.0. The lowest BCUT2D eigenvalue weighted by Crippen LogP contribution is -2.42. The summed E-state index contributed by atoms with van der Waals surface area (Å²) in [6.07, 6.45) is 0. The van der Waals surface area contributed by atoms with Crippen molar-refractivity contribution in [2.24, 2.45) is 5.16 Å². The Labute approximate surface area is 153 Å². The maximum atomic E-state index is 12.4. The van der Waals surface area contributed by atoms with Crippen LogP contribution in [0.3, 0.4) is 0 Å². The summed E-state index contributed by atoms with van der Waals surface area (Å²) in [6.45, 7) is -0.646. The molecule has 0 spiro atoms. The summed E-state index contributed by atoms with van der Waals surface area (Å²) in [5.41, 5.74) is 1.00. The van der Waals surface area contributed by atoms with E-state index in [0.717, 1.165) is 9.80 Å². The number of rotatable bonds is 4. The van der Waals surface area contributed by atoms with Gasteiger partial charge in [-0.3, -0.25) is 29.0 Å². The molecule has 0 fully saturated rings. The molecule has 8 nitrogen and oxygen atoms in total. The maximum Gasteiger partial charge on any atom is 0.261 e. The Bertz CT molecular complexity index is 894. The second kappa shape index (κ2) is 6.17. The summed E-state index contributed by atoms with van der Waals surface area (Å²) < 4.78 is 0. The molecule has 0 saturated heterocycles. The highest BCUT2D eigenvalue weighted by Gasteiger charge is 2.39. The third kappa shape index (κ3) is 2.50. The van der Waals surface area contributed by atoms with Gasteiger partial charge in [0.2, 0.25) is 0 Å². The van der Waals surface area contributed by atoms with Gasteiger partial charge in [0, 0.05) is 0 Å². The maximum absolute atomic E-state index is 12.4. The normalized spacial score (nSPS) is 15.3. The van der Waals surface area contributed by atoms with Crippen LogP contribution in [0.5, 0.6) is 0 Å². The Morgan fingerprint density at radius 2 is 0.963 bits per heavy atom. The molecule has 2 aromatic rings. The highest BCUT2D eigenvalue weighted by Crippen LogP contribution is 2.24. The molecule has 4 amide bonds. The van der Waals surface area contributed by atoms with Gasteiger partial charge >= 0.3 is 0 Å². The van der Waals surface area contributed by atoms with E-state index in [9.17, 15) is 24.4 Å². The predicted octanol–water partition coefficient (Wildman–Crippen LogP) is 1.41. The number of hydrogen-bond acceptors (Lipinski definition) is 6. The van der Waals surface area contributed by atoms with Crippen molar-refractivity contribution in [1.29, 1.82) is 0 Å². The zero-order valence-corrected chi connectivity index (χ0v) is 14.0. The number of benzene rings is 2. The minimum absolute atomic E-state index is 0.0565. The van der Waals surface area contributed by atoms with Crippen molar-refractivity contribution in [3.8, 4) is 0 Å². The van der Waals surface area contributed by atoms with Gasteiger partial charge in [-0.2, -0.15) is 0 Å². The van der Waals surface area contributed by atoms with Crippen molar-refractivity contribution >= 4 is 29.3 Å². The molecule has 2 aliphatic heterocycles. The van der Waals surface area contributed by atoms with Crippen LogP contribution in [-0.2, 0) is 0 Å². The second-order valence-corrected chi connectivity index (χ2v) is 6.15. The van der Waals surface area contributed by atoms with E-state index in [1.165, 1.54) is 24.3 Å². The molecule has 0 aliphatic carbocycles. The lowest BCUT2D eigenvalue weighted by molar-refractivity contribution is 0.0674. The van der Waals surface area contributed by atoms with E-state index in [4.69, 9.17) is 0 Å². The summed E-state index contributed by atoms with van der Waals surface area (Å²) in [5, 5.41) is 12.4. The van der Waals surface area contributed by atoms with Gasteiger partial charge < -0.3 is 5.21 Å². The van der Waals surface area contributed by atoms with Crippen LogP contribution >= 0.6 is 0 Å². The van der Waals surface area contributed by atoms with Crippen molar-refractivity contribution in [2.45, 2.75) is 0 Å². The van der Waals surface area contributed by atoms with Crippen LogP contribution in [-0.4, -0.2) is 57.4 Å². The van der Waals surface area contributed by atoms with E-state index in [0.29, 0.717) is 0 Å². The van der Waals surface area contributed by atoms with Gasteiger partial charge in [0.1, 0.15) is 0 Å². The molecule has 0 radical (unpaired) electrons. The molecule has 1 N–H and O–H groups in total. The van der Waals surface area contributed by atoms with Crippen molar-refractivity contribution in [3.05, 3.63) is 70.8 Å². The number of carbonyl (C=O) groups is 4. The zero-order chi connectivity index (χ0) is 19.1. The Morgan fingerprint density at radius 3 is 1.22 bits per heavy atom. The first-order valence-electron chi connectivity index (χ1n) is 8.13. The molecule has 27 heavy (non-hydrogen) atoms. The average Bonchev–Trinajstić information content (AvgIpc) is 3.08. The minimum atomic E-state index is -0.515. The quantitative estimate of drug-likeness (QED) is 0.382. The molecular formula is C19H13N3O5. The number of carbonyl (C=O) groups excluding carboxylic acids is 4. The fraction of sp³-hybridized carbons (Fsp3) is 0.105. The Morgan fingerprint density at radius 1 is 0.667 bits per heavy atom. The number of imide groups is 2. The molecular weight excluding hydrogens is 350 g/mol. The van der Waals surface area contributed by atoms with Gasteiger partial charge in [-0.25, -0.2) is 0 Å². The SMILES string of the molecule is O=C1c2ccccc2C(=O)N1CC(CN1C(=O)c2ccccc2C1=O)=NO. The van der Waals surface area contributed by atoms with Crippen LogP contribution in [0.1, 0.15) is 41.4 Å². The molecule has 134 valence electrons. The molecule has 0 unspecified atom stereocenters. The van der Waals surface area contributed by atoms with Crippen molar-refractivity contribution in [1.82, 2.24) is 9.80 Å². The monoisotopic (exact) mass is 363 g/mol. The molecule has 2 heterocycles. The lowest BCUT2D eigenvalue weighted by atomic mass is 10.1. The Balaban J connectivity index is 1.54. The number of amides is 4. The lowest BCUT2D eigenvalue weighted by Gasteiger charge is -2.18. The van der Waals surface area contributed by atoms with Crippen LogP contribution in [0.15, 0.2) is 53.7 Å². The van der Waals surface area contributed by atoms with Crippen LogP contribution in [0, 0.1) is 0 Å². The van der Waals surface area contributed by atoms with Crippen molar-refractivity contribution < 1.29 is 24.4 Å². The van der Waals surface area contributed by atoms with E-state index < -0.39 is 23.6 Å². The van der Waals surface area contributed by atoms with Crippen molar-refractivity contribution in [2.75, 3.05) is 13.1 Å². The summed E-state index contributed by atoms with van der Waals surface area (Å²) in [5.74, 6) is -2.06. The Hall–Kier alpha value is -3.81. The summed E-state index contributed by atoms with van der Waals surface area (Å²) in [4.78, 5) is 51.6. The summed E-state index contributed by atoms with van der Waals surface area (Å²) in [7, 11) is 0. The van der Waals surface area contributed by atoms with Crippen LogP contribution < -0.4 is 0 Å². The first-order chi connectivity index (χ1) is 13.0. The van der Waals surface area contributed by atoms with Crippen molar-refractivity contribution in [3.63, 3.8) is 0 Å². The number of fused-ring (bicyclic) bond motifs is 2. The molecule has 8 heteroatoms. The van der Waals surface area contributed by atoms with Gasteiger partial charge in [-0.1, -0.05) is 29.4 Å². The molecule has 0 saturated carbocycles. The number of oxime groups is 1. The Kier molecular flexibility index (Phi) is 3.80. The number of nitrogens with zero attached hydrogens (tertiary/aromatic N) is 3. The molecule has 2 aliphatic rings. The highest BCUT2D eigenvalue weighted by molar-refractivity contribution is 6.24. The molecule has 0 atom stereocenters. The largest absolute Gasteiger partial charge is 0.411 e. The third-order valence-electron chi connectivity index (χ3n) is 4.58. The van der Waals surface area contributed by atoms with E-state index in [1.54, 1.807) is 24.3 Å². The van der Waals surface area contributed by atoms with Gasteiger partial charge in [0.05, 0.1) is 41.1 Å². The number of hydrogen-bond donors (Lipinski definition) is 1. The first kappa shape index (κ1) is 16.6. The second-order valence-electron chi connectivity index (χ2n) is 6.15. The van der Waals surface area contributed by atoms with Gasteiger partial charge in [0.25, 0.3) is 23.6 Å². The summed E-state index contributed by atoms with van der Waals surface area (Å²) in [6, 6.07) is 12.7. The molecule has 2 aromatic carbocycles. The first-order valence-corrected chi connectivity index (χ1v) is 8.13. The fourth-order valence-electron chi connectivity index (χ4n) is 3.24. The molecule has 0 bridgehead atoms. The standard InChI is InChI=1S/C19H13N3O5/c23-16-12-5-1-2-6-13(12)17(24)21(16)9-11(20-27)10-22-18(25)14-7-3-4-8-15(14)19(22)26/h1-8,27H,9-10H2. The molecule has 0 aromatic heterocycles. The van der Waals surface area contributed by atoms with E-state index in [-0.39, 0.29) is 41.1 Å². The highest BCUT2D eigenvalue weighted by atomic mass is 16.4. The molecule has 4 rings (SSSR count). The van der Waals surface area contributed by atoms with Gasteiger partial charge in [0.15, 0.2) is 0 Å². The van der Waals surface area contributed by atoms with Crippen LogP contribution in [0.25, 0.3) is 0 Å². The van der Waals surface area contributed by atoms with Crippen LogP contribution in [0.2, 0.25) is 0 Å². The minimum Gasteiger partial charge on any atom is -0.411 e. The summed E-state index contributed by atoms with van der Waals surface area (Å²) >= 11 is 0. The van der Waals surface area contributed by atoms with Gasteiger partial charge in [-0.05, 0) is 24.3 Å². The topological polar surface area (TPSA) is 107 Å². The van der Waals surface area contributed by atoms with E-state index >= 15 is 0 Å². The third-order valence-corrected chi connectivity index (χ3v) is 4.58. The van der Waals surface area contributed by atoms with E-state index in [2.05, 4.69) is 5.16 Å². The van der Waals surface area contributed by atoms with E-state index in [1.807, 2.05) is 0 Å². The predicted molar refractivity (Wildman–Crippen MR) is 92.8 cm³/mol. The van der Waals surface area contributed by atoms with Gasteiger partial charge in [-0.15, -0.1) is 0 Å². The average molecular weight is 363 g/mol.